The lowest BCUT2D eigenvalue weighted by molar-refractivity contribution is -0.133. The minimum Gasteiger partial charge on any atom is -0.370 e. The van der Waals surface area contributed by atoms with E-state index in [-0.39, 0.29) is 11.7 Å². The summed E-state index contributed by atoms with van der Waals surface area (Å²) in [6.45, 7) is 4.77. The SMILES string of the molecule is O=C(CN1CCCN(c2ccc(F)cc2)CC1)N(Cc1ccccc1)C1CC1. The Hall–Kier alpha value is -2.40. The summed E-state index contributed by atoms with van der Waals surface area (Å²) in [5.74, 6) is 0.0333. The van der Waals surface area contributed by atoms with Gasteiger partial charge in [0.15, 0.2) is 0 Å². The summed E-state index contributed by atoms with van der Waals surface area (Å²) in [6, 6.07) is 17.4. The molecule has 28 heavy (non-hydrogen) atoms. The standard InChI is InChI=1S/C23H28FN3O/c24-20-7-9-21(10-8-20)26-14-4-13-25(15-16-26)18-23(28)27(22-11-12-22)17-19-5-2-1-3-6-19/h1-3,5-10,22H,4,11-18H2. The highest BCUT2D eigenvalue weighted by Gasteiger charge is 2.33. The second-order valence-corrected chi connectivity index (χ2v) is 7.83. The van der Waals surface area contributed by atoms with Gasteiger partial charge in [-0.05, 0) is 49.1 Å². The molecule has 4 nitrogen and oxygen atoms in total. The van der Waals surface area contributed by atoms with E-state index < -0.39 is 0 Å². The zero-order valence-electron chi connectivity index (χ0n) is 16.3. The Kier molecular flexibility index (Phi) is 5.91. The largest absolute Gasteiger partial charge is 0.370 e. The van der Waals surface area contributed by atoms with Crippen LogP contribution in [0.1, 0.15) is 24.8 Å². The maximum absolute atomic E-state index is 13.2. The van der Waals surface area contributed by atoms with Gasteiger partial charge in [0.25, 0.3) is 0 Å². The number of hydrogen-bond acceptors (Lipinski definition) is 3. The van der Waals surface area contributed by atoms with Crippen LogP contribution in [0, 0.1) is 5.82 Å². The molecule has 148 valence electrons. The fraction of sp³-hybridized carbons (Fsp3) is 0.435. The lowest BCUT2D eigenvalue weighted by Gasteiger charge is -2.27. The van der Waals surface area contributed by atoms with Gasteiger partial charge in [0.1, 0.15) is 5.82 Å². The summed E-state index contributed by atoms with van der Waals surface area (Å²) in [5.41, 5.74) is 2.25. The maximum atomic E-state index is 13.2. The van der Waals surface area contributed by atoms with Crippen LogP contribution in [-0.4, -0.2) is 54.5 Å². The van der Waals surface area contributed by atoms with Crippen molar-refractivity contribution in [2.24, 2.45) is 0 Å². The van der Waals surface area contributed by atoms with Crippen molar-refractivity contribution in [3.05, 3.63) is 66.0 Å². The molecule has 1 aliphatic carbocycles. The molecule has 1 heterocycles. The molecule has 2 fully saturated rings. The summed E-state index contributed by atoms with van der Waals surface area (Å²) < 4.78 is 13.2. The highest BCUT2D eigenvalue weighted by molar-refractivity contribution is 5.79. The summed E-state index contributed by atoms with van der Waals surface area (Å²) in [7, 11) is 0. The average molecular weight is 381 g/mol. The molecular formula is C23H28FN3O. The molecule has 4 rings (SSSR count). The molecule has 0 unspecified atom stereocenters. The molecule has 0 bridgehead atoms. The Labute approximate surface area is 166 Å². The Morgan fingerprint density at radius 3 is 2.43 bits per heavy atom. The first-order chi connectivity index (χ1) is 13.7. The number of carbonyl (C=O) groups is 1. The van der Waals surface area contributed by atoms with Crippen LogP contribution in [0.15, 0.2) is 54.6 Å². The van der Waals surface area contributed by atoms with Gasteiger partial charge in [-0.15, -0.1) is 0 Å². The first-order valence-electron chi connectivity index (χ1n) is 10.3. The summed E-state index contributed by atoms with van der Waals surface area (Å²) in [5, 5.41) is 0. The van der Waals surface area contributed by atoms with E-state index in [2.05, 4.69) is 26.8 Å². The Morgan fingerprint density at radius 1 is 0.964 bits per heavy atom. The molecule has 0 atom stereocenters. The van der Waals surface area contributed by atoms with Crippen LogP contribution in [0.2, 0.25) is 0 Å². The summed E-state index contributed by atoms with van der Waals surface area (Å²) in [4.78, 5) is 19.6. The quantitative estimate of drug-likeness (QED) is 0.766. The number of nitrogens with zero attached hydrogens (tertiary/aromatic N) is 3. The highest BCUT2D eigenvalue weighted by atomic mass is 19.1. The van der Waals surface area contributed by atoms with Crippen LogP contribution in [-0.2, 0) is 11.3 Å². The van der Waals surface area contributed by atoms with E-state index in [0.29, 0.717) is 19.1 Å². The summed E-state index contributed by atoms with van der Waals surface area (Å²) >= 11 is 0. The monoisotopic (exact) mass is 381 g/mol. The molecule has 1 aliphatic heterocycles. The number of benzene rings is 2. The van der Waals surface area contributed by atoms with Crippen LogP contribution in [0.3, 0.4) is 0 Å². The van der Waals surface area contributed by atoms with Gasteiger partial charge in [0.2, 0.25) is 5.91 Å². The predicted octanol–water partition coefficient (Wildman–Crippen LogP) is 3.53. The van der Waals surface area contributed by atoms with Crippen molar-refractivity contribution in [1.29, 1.82) is 0 Å². The number of anilines is 1. The minimum absolute atomic E-state index is 0.204. The second kappa shape index (κ2) is 8.74. The fourth-order valence-electron chi connectivity index (χ4n) is 3.91. The third kappa shape index (κ3) is 4.90. The summed E-state index contributed by atoms with van der Waals surface area (Å²) in [6.07, 6.45) is 3.25. The third-order valence-corrected chi connectivity index (χ3v) is 5.64. The van der Waals surface area contributed by atoms with Crippen molar-refractivity contribution in [1.82, 2.24) is 9.80 Å². The number of rotatable bonds is 6. The van der Waals surface area contributed by atoms with E-state index in [0.717, 1.165) is 51.1 Å². The first-order valence-corrected chi connectivity index (χ1v) is 10.3. The maximum Gasteiger partial charge on any atom is 0.237 e. The van der Waals surface area contributed by atoms with E-state index in [9.17, 15) is 9.18 Å². The van der Waals surface area contributed by atoms with Gasteiger partial charge in [-0.2, -0.15) is 0 Å². The molecule has 1 amide bonds. The highest BCUT2D eigenvalue weighted by Crippen LogP contribution is 2.28. The number of halogens is 1. The van der Waals surface area contributed by atoms with Gasteiger partial charge in [-0.1, -0.05) is 30.3 Å². The molecule has 0 aromatic heterocycles. The fourth-order valence-corrected chi connectivity index (χ4v) is 3.91. The minimum atomic E-state index is -0.204. The van der Waals surface area contributed by atoms with E-state index in [1.54, 1.807) is 0 Å². The van der Waals surface area contributed by atoms with Gasteiger partial charge in [-0.25, -0.2) is 4.39 Å². The molecule has 2 aliphatic rings. The van der Waals surface area contributed by atoms with Crippen molar-refractivity contribution >= 4 is 11.6 Å². The van der Waals surface area contributed by atoms with Crippen molar-refractivity contribution in [3.63, 3.8) is 0 Å². The van der Waals surface area contributed by atoms with Crippen molar-refractivity contribution in [2.45, 2.75) is 31.8 Å². The van der Waals surface area contributed by atoms with Crippen LogP contribution in [0.5, 0.6) is 0 Å². The third-order valence-electron chi connectivity index (χ3n) is 5.64. The molecular weight excluding hydrogens is 353 g/mol. The molecule has 0 spiro atoms. The normalized spacial score (nSPS) is 18.0. The van der Waals surface area contributed by atoms with Crippen LogP contribution in [0.4, 0.5) is 10.1 Å². The first kappa shape index (κ1) is 18.9. The van der Waals surface area contributed by atoms with Gasteiger partial charge in [0.05, 0.1) is 6.54 Å². The molecule has 5 heteroatoms. The van der Waals surface area contributed by atoms with Crippen LogP contribution in [0.25, 0.3) is 0 Å². The van der Waals surface area contributed by atoms with E-state index in [4.69, 9.17) is 0 Å². The number of hydrogen-bond donors (Lipinski definition) is 0. The van der Waals surface area contributed by atoms with Gasteiger partial charge in [0, 0.05) is 44.5 Å². The van der Waals surface area contributed by atoms with E-state index in [1.165, 1.54) is 17.7 Å². The average Bonchev–Trinajstić information content (AvgIpc) is 3.55. The molecule has 0 radical (unpaired) electrons. The molecule has 2 aromatic carbocycles. The van der Waals surface area contributed by atoms with E-state index >= 15 is 0 Å². The predicted molar refractivity (Wildman–Crippen MR) is 110 cm³/mol. The van der Waals surface area contributed by atoms with E-state index in [1.807, 2.05) is 30.3 Å². The Balaban J connectivity index is 1.34. The zero-order valence-corrected chi connectivity index (χ0v) is 16.3. The Morgan fingerprint density at radius 2 is 1.71 bits per heavy atom. The van der Waals surface area contributed by atoms with Crippen molar-refractivity contribution in [3.8, 4) is 0 Å². The lowest BCUT2D eigenvalue weighted by atomic mass is 10.2. The van der Waals surface area contributed by atoms with Crippen molar-refractivity contribution in [2.75, 3.05) is 37.6 Å². The molecule has 1 saturated carbocycles. The Bertz CT molecular complexity index is 776. The number of carbonyl (C=O) groups excluding carboxylic acids is 1. The zero-order chi connectivity index (χ0) is 19.3. The smallest absolute Gasteiger partial charge is 0.237 e. The molecule has 2 aromatic rings. The second-order valence-electron chi connectivity index (χ2n) is 7.83. The van der Waals surface area contributed by atoms with Gasteiger partial charge in [-0.3, -0.25) is 9.69 Å². The van der Waals surface area contributed by atoms with Gasteiger partial charge < -0.3 is 9.80 Å². The van der Waals surface area contributed by atoms with Crippen LogP contribution < -0.4 is 4.90 Å². The molecule has 0 N–H and O–H groups in total. The van der Waals surface area contributed by atoms with Gasteiger partial charge >= 0.3 is 0 Å². The number of amides is 1. The lowest BCUT2D eigenvalue weighted by Crippen LogP contribution is -2.42. The molecule has 1 saturated heterocycles. The van der Waals surface area contributed by atoms with Crippen molar-refractivity contribution < 1.29 is 9.18 Å². The topological polar surface area (TPSA) is 26.8 Å². The van der Waals surface area contributed by atoms with Crippen LogP contribution >= 0.6 is 0 Å².